The van der Waals surface area contributed by atoms with Crippen molar-refractivity contribution in [1.29, 1.82) is 0 Å². The molecule has 24 heavy (non-hydrogen) atoms. The summed E-state index contributed by atoms with van der Waals surface area (Å²) >= 11 is 0. The van der Waals surface area contributed by atoms with Gasteiger partial charge in [0.05, 0.1) is 0 Å². The SMILES string of the molecule is Cn1nccc1[C@H]1CCC[C@@H]1Oc1cc(F)c(S(N)(=O)=O)c(F)c1. The topological polar surface area (TPSA) is 87.2 Å². The van der Waals surface area contributed by atoms with Crippen molar-refractivity contribution in [3.63, 3.8) is 0 Å². The van der Waals surface area contributed by atoms with E-state index in [0.29, 0.717) is 0 Å². The third kappa shape index (κ3) is 3.13. The number of aromatic nitrogens is 2. The van der Waals surface area contributed by atoms with Gasteiger partial charge < -0.3 is 4.74 Å². The normalized spacial score (nSPS) is 21.2. The fourth-order valence-corrected chi connectivity index (χ4v) is 3.87. The van der Waals surface area contributed by atoms with Crippen LogP contribution in [0.4, 0.5) is 8.78 Å². The second-order valence-electron chi connectivity index (χ2n) is 5.83. The minimum absolute atomic E-state index is 0.0570. The van der Waals surface area contributed by atoms with E-state index in [-0.39, 0.29) is 17.8 Å². The molecule has 0 aliphatic heterocycles. The van der Waals surface area contributed by atoms with E-state index in [9.17, 15) is 17.2 Å². The van der Waals surface area contributed by atoms with Crippen molar-refractivity contribution in [3.8, 4) is 5.75 Å². The van der Waals surface area contributed by atoms with Gasteiger partial charge in [0.25, 0.3) is 0 Å². The van der Waals surface area contributed by atoms with E-state index in [2.05, 4.69) is 5.10 Å². The third-order valence-electron chi connectivity index (χ3n) is 4.24. The Kier molecular flexibility index (Phi) is 4.31. The van der Waals surface area contributed by atoms with Gasteiger partial charge in [-0.1, -0.05) is 0 Å². The maximum absolute atomic E-state index is 13.9. The zero-order valence-electron chi connectivity index (χ0n) is 12.9. The summed E-state index contributed by atoms with van der Waals surface area (Å²) in [6.07, 6.45) is 3.95. The summed E-state index contributed by atoms with van der Waals surface area (Å²) in [5, 5.41) is 8.95. The number of hydrogen-bond acceptors (Lipinski definition) is 4. The molecule has 1 aliphatic carbocycles. The van der Waals surface area contributed by atoms with Gasteiger partial charge in [0, 0.05) is 37.0 Å². The Morgan fingerprint density at radius 1 is 1.29 bits per heavy atom. The minimum Gasteiger partial charge on any atom is -0.490 e. The van der Waals surface area contributed by atoms with Gasteiger partial charge in [-0.05, 0) is 25.3 Å². The summed E-state index contributed by atoms with van der Waals surface area (Å²) in [5.41, 5.74) is 0.986. The number of hydrogen-bond donors (Lipinski definition) is 1. The molecule has 1 aromatic heterocycles. The van der Waals surface area contributed by atoms with Gasteiger partial charge in [-0.3, -0.25) is 4.68 Å². The molecule has 6 nitrogen and oxygen atoms in total. The predicted octanol–water partition coefficient (Wildman–Crippen LogP) is 2.06. The van der Waals surface area contributed by atoms with Crippen molar-refractivity contribution >= 4 is 10.0 Å². The summed E-state index contributed by atoms with van der Waals surface area (Å²) in [7, 11) is -2.65. The predicted molar refractivity (Wildman–Crippen MR) is 81.9 cm³/mol. The van der Waals surface area contributed by atoms with Crippen LogP contribution in [0.3, 0.4) is 0 Å². The van der Waals surface area contributed by atoms with Gasteiger partial charge in [0.15, 0.2) is 4.90 Å². The zero-order valence-corrected chi connectivity index (χ0v) is 13.8. The lowest BCUT2D eigenvalue weighted by Gasteiger charge is -2.22. The smallest absolute Gasteiger partial charge is 0.243 e. The summed E-state index contributed by atoms with van der Waals surface area (Å²) in [6, 6.07) is 3.58. The van der Waals surface area contributed by atoms with E-state index < -0.39 is 26.6 Å². The number of primary sulfonamides is 1. The van der Waals surface area contributed by atoms with Crippen LogP contribution < -0.4 is 9.88 Å². The molecule has 1 heterocycles. The van der Waals surface area contributed by atoms with Crippen molar-refractivity contribution in [3.05, 3.63) is 41.7 Å². The average molecular weight is 357 g/mol. The Balaban J connectivity index is 1.87. The van der Waals surface area contributed by atoms with Crippen molar-refractivity contribution < 1.29 is 21.9 Å². The van der Waals surface area contributed by atoms with E-state index in [4.69, 9.17) is 9.88 Å². The number of nitrogens with two attached hydrogens (primary N) is 1. The molecule has 0 spiro atoms. The van der Waals surface area contributed by atoms with Crippen LogP contribution in [0.1, 0.15) is 30.9 Å². The van der Waals surface area contributed by atoms with Crippen LogP contribution in [0.2, 0.25) is 0 Å². The van der Waals surface area contributed by atoms with E-state index in [1.54, 1.807) is 10.9 Å². The Morgan fingerprint density at radius 2 is 1.96 bits per heavy atom. The number of halogens is 2. The van der Waals surface area contributed by atoms with Crippen LogP contribution in [0.5, 0.6) is 5.75 Å². The largest absolute Gasteiger partial charge is 0.490 e. The quantitative estimate of drug-likeness (QED) is 0.907. The minimum atomic E-state index is -4.48. The first-order valence-electron chi connectivity index (χ1n) is 7.44. The molecule has 2 atom stereocenters. The maximum Gasteiger partial charge on any atom is 0.243 e. The highest BCUT2D eigenvalue weighted by Gasteiger charge is 2.33. The van der Waals surface area contributed by atoms with Crippen molar-refractivity contribution in [2.75, 3.05) is 0 Å². The molecular weight excluding hydrogens is 340 g/mol. The molecule has 2 N–H and O–H groups in total. The molecule has 9 heteroatoms. The lowest BCUT2D eigenvalue weighted by molar-refractivity contribution is 0.185. The molecule has 0 saturated heterocycles. The highest BCUT2D eigenvalue weighted by atomic mass is 32.2. The third-order valence-corrected chi connectivity index (χ3v) is 5.19. The fourth-order valence-electron chi connectivity index (χ4n) is 3.20. The summed E-state index contributed by atoms with van der Waals surface area (Å²) in [4.78, 5) is -1.15. The Morgan fingerprint density at radius 3 is 2.50 bits per heavy atom. The summed E-state index contributed by atoms with van der Waals surface area (Å²) in [6.45, 7) is 0. The van der Waals surface area contributed by atoms with Crippen LogP contribution >= 0.6 is 0 Å². The van der Waals surface area contributed by atoms with Crippen LogP contribution in [-0.4, -0.2) is 24.3 Å². The van der Waals surface area contributed by atoms with E-state index in [1.165, 1.54) is 0 Å². The molecule has 1 fully saturated rings. The molecule has 0 bridgehead atoms. The molecule has 1 saturated carbocycles. The Bertz CT molecular complexity index is 844. The molecule has 1 aromatic carbocycles. The van der Waals surface area contributed by atoms with Crippen LogP contribution in [0.25, 0.3) is 0 Å². The molecule has 3 rings (SSSR count). The van der Waals surface area contributed by atoms with Gasteiger partial charge in [0.2, 0.25) is 10.0 Å². The van der Waals surface area contributed by atoms with Crippen molar-refractivity contribution in [1.82, 2.24) is 9.78 Å². The zero-order chi connectivity index (χ0) is 17.5. The lowest BCUT2D eigenvalue weighted by atomic mass is 10.0. The van der Waals surface area contributed by atoms with Gasteiger partial charge >= 0.3 is 0 Å². The first-order chi connectivity index (χ1) is 11.3. The number of sulfonamides is 1. The molecule has 1 aliphatic rings. The van der Waals surface area contributed by atoms with Crippen LogP contribution in [0, 0.1) is 11.6 Å². The molecule has 0 amide bonds. The number of ether oxygens (including phenoxy) is 1. The Labute approximate surface area is 138 Å². The van der Waals surface area contributed by atoms with Gasteiger partial charge in [0.1, 0.15) is 23.5 Å². The number of nitrogens with zero attached hydrogens (tertiary/aromatic N) is 2. The maximum atomic E-state index is 13.9. The van der Waals surface area contributed by atoms with Crippen LogP contribution in [-0.2, 0) is 17.1 Å². The molecule has 0 unspecified atom stereocenters. The number of aryl methyl sites for hydroxylation is 1. The van der Waals surface area contributed by atoms with Gasteiger partial charge in [-0.2, -0.15) is 5.10 Å². The molecule has 0 radical (unpaired) electrons. The average Bonchev–Trinajstić information content (AvgIpc) is 3.04. The number of benzene rings is 1. The van der Waals surface area contributed by atoms with E-state index >= 15 is 0 Å². The molecule has 130 valence electrons. The summed E-state index contributed by atoms with van der Waals surface area (Å²) in [5.74, 6) is -2.52. The first kappa shape index (κ1) is 16.8. The van der Waals surface area contributed by atoms with Gasteiger partial charge in [-0.25, -0.2) is 22.3 Å². The fraction of sp³-hybridized carbons (Fsp3) is 0.400. The molecule has 2 aromatic rings. The van der Waals surface area contributed by atoms with Gasteiger partial charge in [-0.15, -0.1) is 0 Å². The highest BCUT2D eigenvalue weighted by molar-refractivity contribution is 7.89. The van der Waals surface area contributed by atoms with Crippen molar-refractivity contribution in [2.45, 2.75) is 36.2 Å². The second-order valence-corrected chi connectivity index (χ2v) is 7.33. The summed E-state index contributed by atoms with van der Waals surface area (Å²) < 4.78 is 57.8. The highest BCUT2D eigenvalue weighted by Crippen LogP contribution is 2.37. The standard InChI is InChI=1S/C15H17F2N3O3S/c1-20-13(5-6-19-20)10-3-2-4-14(10)23-9-7-11(16)15(12(17)8-9)24(18,21)22/h5-8,10,14H,2-4H2,1H3,(H2,18,21,22)/t10-,14+/m1/s1. The monoisotopic (exact) mass is 357 g/mol. The van der Waals surface area contributed by atoms with Crippen LogP contribution in [0.15, 0.2) is 29.3 Å². The van der Waals surface area contributed by atoms with E-state index in [0.717, 1.165) is 37.1 Å². The molecular formula is C15H17F2N3O3S. The van der Waals surface area contributed by atoms with E-state index in [1.807, 2.05) is 13.1 Å². The van der Waals surface area contributed by atoms with Crippen molar-refractivity contribution in [2.24, 2.45) is 12.2 Å². The first-order valence-corrected chi connectivity index (χ1v) is 8.98. The second kappa shape index (κ2) is 6.14. The Hall–Kier alpha value is -2.00. The lowest BCUT2D eigenvalue weighted by Crippen LogP contribution is -2.22. The number of rotatable bonds is 4.